The summed E-state index contributed by atoms with van der Waals surface area (Å²) in [4.78, 5) is 14.6. The van der Waals surface area contributed by atoms with Crippen LogP contribution in [-0.2, 0) is 0 Å². The number of hydrogen-bond acceptors (Lipinski definition) is 4. The van der Waals surface area contributed by atoms with Crippen molar-refractivity contribution in [3.05, 3.63) is 41.0 Å². The fourth-order valence-electron chi connectivity index (χ4n) is 1.26. The van der Waals surface area contributed by atoms with E-state index in [0.29, 0.717) is 5.00 Å². The van der Waals surface area contributed by atoms with E-state index in [1.165, 1.54) is 16.8 Å². The van der Waals surface area contributed by atoms with Gasteiger partial charge in [-0.05, 0) is 19.1 Å². The number of aromatic nitrogens is 1. The SMILES string of the molecule is Cc1ccc(Nc2scnc2C(=O)O)cc1. The molecule has 0 aliphatic rings. The number of aryl methyl sites for hydroxylation is 1. The number of carbonyl (C=O) groups is 1. The first-order valence-corrected chi connectivity index (χ1v) is 5.55. The van der Waals surface area contributed by atoms with Crippen LogP contribution in [-0.4, -0.2) is 16.1 Å². The zero-order valence-corrected chi connectivity index (χ0v) is 9.41. The van der Waals surface area contributed by atoms with Gasteiger partial charge in [0.1, 0.15) is 5.00 Å². The van der Waals surface area contributed by atoms with Gasteiger partial charge in [-0.2, -0.15) is 0 Å². The topological polar surface area (TPSA) is 62.2 Å². The fourth-order valence-corrected chi connectivity index (χ4v) is 1.95. The maximum Gasteiger partial charge on any atom is 0.357 e. The van der Waals surface area contributed by atoms with Gasteiger partial charge in [0.25, 0.3) is 0 Å². The first-order chi connectivity index (χ1) is 7.66. The molecule has 0 spiro atoms. The summed E-state index contributed by atoms with van der Waals surface area (Å²) in [6.07, 6.45) is 0. The van der Waals surface area contributed by atoms with Gasteiger partial charge in [0.05, 0.1) is 5.51 Å². The zero-order valence-electron chi connectivity index (χ0n) is 8.60. The molecule has 0 saturated carbocycles. The van der Waals surface area contributed by atoms with Gasteiger partial charge in [0.2, 0.25) is 0 Å². The third-order valence-electron chi connectivity index (χ3n) is 2.08. The molecule has 0 unspecified atom stereocenters. The molecule has 0 radical (unpaired) electrons. The molecule has 0 amide bonds. The molecule has 2 N–H and O–H groups in total. The van der Waals surface area contributed by atoms with Crippen LogP contribution < -0.4 is 5.32 Å². The molecule has 82 valence electrons. The van der Waals surface area contributed by atoms with Crippen molar-refractivity contribution < 1.29 is 9.90 Å². The van der Waals surface area contributed by atoms with E-state index >= 15 is 0 Å². The van der Waals surface area contributed by atoms with Crippen molar-refractivity contribution in [2.45, 2.75) is 6.92 Å². The highest BCUT2D eigenvalue weighted by molar-refractivity contribution is 7.14. The van der Waals surface area contributed by atoms with Gasteiger partial charge in [-0.15, -0.1) is 11.3 Å². The number of nitrogens with zero attached hydrogens (tertiary/aromatic N) is 1. The molecular weight excluding hydrogens is 224 g/mol. The minimum absolute atomic E-state index is 0.0607. The lowest BCUT2D eigenvalue weighted by atomic mass is 10.2. The van der Waals surface area contributed by atoms with Gasteiger partial charge in [0, 0.05) is 5.69 Å². The van der Waals surface area contributed by atoms with Crippen molar-refractivity contribution in [1.82, 2.24) is 4.98 Å². The molecule has 0 bridgehead atoms. The van der Waals surface area contributed by atoms with Crippen molar-refractivity contribution >= 4 is 28.0 Å². The molecule has 1 heterocycles. The largest absolute Gasteiger partial charge is 0.476 e. The van der Waals surface area contributed by atoms with Crippen LogP contribution in [0.25, 0.3) is 0 Å². The van der Waals surface area contributed by atoms with E-state index in [1.807, 2.05) is 31.2 Å². The second-order valence-electron chi connectivity index (χ2n) is 3.33. The van der Waals surface area contributed by atoms with Crippen molar-refractivity contribution in [2.75, 3.05) is 5.32 Å². The van der Waals surface area contributed by atoms with Crippen molar-refractivity contribution in [3.63, 3.8) is 0 Å². The Morgan fingerprint density at radius 3 is 2.69 bits per heavy atom. The summed E-state index contributed by atoms with van der Waals surface area (Å²) in [5, 5.41) is 12.5. The summed E-state index contributed by atoms with van der Waals surface area (Å²) in [7, 11) is 0. The highest BCUT2D eigenvalue weighted by Crippen LogP contribution is 2.24. The van der Waals surface area contributed by atoms with Gasteiger partial charge >= 0.3 is 5.97 Å². The molecule has 1 aromatic carbocycles. The molecule has 1 aromatic heterocycles. The summed E-state index contributed by atoms with van der Waals surface area (Å²) in [6.45, 7) is 2.00. The van der Waals surface area contributed by atoms with E-state index in [4.69, 9.17) is 5.11 Å². The van der Waals surface area contributed by atoms with Crippen molar-refractivity contribution in [3.8, 4) is 0 Å². The lowest BCUT2D eigenvalue weighted by molar-refractivity contribution is 0.0692. The predicted octanol–water partition coefficient (Wildman–Crippen LogP) is 2.89. The molecule has 0 atom stereocenters. The fraction of sp³-hybridized carbons (Fsp3) is 0.0909. The monoisotopic (exact) mass is 234 g/mol. The van der Waals surface area contributed by atoms with Crippen LogP contribution in [0.1, 0.15) is 16.1 Å². The van der Waals surface area contributed by atoms with Crippen LogP contribution in [0.5, 0.6) is 0 Å². The van der Waals surface area contributed by atoms with Crippen LogP contribution in [0.15, 0.2) is 29.8 Å². The first-order valence-electron chi connectivity index (χ1n) is 4.67. The van der Waals surface area contributed by atoms with Gasteiger partial charge in [-0.1, -0.05) is 17.7 Å². The predicted molar refractivity (Wildman–Crippen MR) is 63.5 cm³/mol. The Bertz CT molecular complexity index is 505. The Labute approximate surface area is 96.6 Å². The minimum Gasteiger partial charge on any atom is -0.476 e. The van der Waals surface area contributed by atoms with E-state index < -0.39 is 5.97 Å². The highest BCUT2D eigenvalue weighted by Gasteiger charge is 2.13. The number of aromatic carboxylic acids is 1. The summed E-state index contributed by atoms with van der Waals surface area (Å²) >= 11 is 1.27. The number of hydrogen-bond donors (Lipinski definition) is 2. The third-order valence-corrected chi connectivity index (χ3v) is 2.82. The summed E-state index contributed by atoms with van der Waals surface area (Å²) in [5.74, 6) is -1.02. The molecule has 16 heavy (non-hydrogen) atoms. The van der Waals surface area contributed by atoms with Gasteiger partial charge in [-0.3, -0.25) is 0 Å². The van der Waals surface area contributed by atoms with Crippen LogP contribution in [0, 0.1) is 6.92 Å². The maximum atomic E-state index is 10.8. The number of rotatable bonds is 3. The van der Waals surface area contributed by atoms with Crippen molar-refractivity contribution in [2.24, 2.45) is 0 Å². The van der Waals surface area contributed by atoms with E-state index in [9.17, 15) is 4.79 Å². The number of nitrogens with one attached hydrogen (secondary N) is 1. The summed E-state index contributed by atoms with van der Waals surface area (Å²) < 4.78 is 0. The average Bonchev–Trinajstić information content (AvgIpc) is 2.69. The normalized spacial score (nSPS) is 10.1. The van der Waals surface area contributed by atoms with Gasteiger partial charge < -0.3 is 10.4 Å². The molecule has 4 nitrogen and oxygen atoms in total. The molecule has 0 aliphatic carbocycles. The molecule has 0 saturated heterocycles. The van der Waals surface area contributed by atoms with Gasteiger partial charge in [0.15, 0.2) is 5.69 Å². The lowest BCUT2D eigenvalue weighted by Gasteiger charge is -2.04. The minimum atomic E-state index is -1.02. The number of carboxylic acids is 1. The average molecular weight is 234 g/mol. The Hall–Kier alpha value is -1.88. The number of thiazole rings is 1. The van der Waals surface area contributed by atoms with Crippen LogP contribution in [0.4, 0.5) is 10.7 Å². The van der Waals surface area contributed by atoms with Crippen LogP contribution >= 0.6 is 11.3 Å². The second-order valence-corrected chi connectivity index (χ2v) is 4.18. The Morgan fingerprint density at radius 1 is 1.38 bits per heavy atom. The lowest BCUT2D eigenvalue weighted by Crippen LogP contribution is -2.00. The number of anilines is 2. The molecule has 2 rings (SSSR count). The molecule has 5 heteroatoms. The second kappa shape index (κ2) is 4.32. The number of carboxylic acid groups (broad SMARTS) is 1. The maximum absolute atomic E-state index is 10.8. The smallest absolute Gasteiger partial charge is 0.357 e. The van der Waals surface area contributed by atoms with E-state index in [0.717, 1.165) is 11.3 Å². The summed E-state index contributed by atoms with van der Waals surface area (Å²) in [5.41, 5.74) is 3.59. The Morgan fingerprint density at radius 2 is 2.06 bits per heavy atom. The summed E-state index contributed by atoms with van der Waals surface area (Å²) in [6, 6.07) is 7.73. The first kappa shape index (κ1) is 10.6. The standard InChI is InChI=1S/C11H10N2O2S/c1-7-2-4-8(5-3-7)13-10-9(11(14)15)12-6-16-10/h2-6,13H,1H3,(H,14,15). The van der Waals surface area contributed by atoms with E-state index in [2.05, 4.69) is 10.3 Å². The molecule has 0 fully saturated rings. The zero-order chi connectivity index (χ0) is 11.5. The third kappa shape index (κ3) is 2.20. The van der Waals surface area contributed by atoms with Crippen LogP contribution in [0.2, 0.25) is 0 Å². The quantitative estimate of drug-likeness (QED) is 0.857. The van der Waals surface area contributed by atoms with E-state index in [-0.39, 0.29) is 5.69 Å². The molecule has 2 aromatic rings. The van der Waals surface area contributed by atoms with Gasteiger partial charge in [-0.25, -0.2) is 9.78 Å². The Balaban J connectivity index is 2.23. The van der Waals surface area contributed by atoms with Crippen LogP contribution in [0.3, 0.4) is 0 Å². The highest BCUT2D eigenvalue weighted by atomic mass is 32.1. The Kier molecular flexibility index (Phi) is 2.87. The van der Waals surface area contributed by atoms with Crippen molar-refractivity contribution in [1.29, 1.82) is 0 Å². The van der Waals surface area contributed by atoms with E-state index in [1.54, 1.807) is 0 Å². The molecular formula is C11H10N2O2S. The molecule has 0 aliphatic heterocycles. The number of benzene rings is 1.